The van der Waals surface area contributed by atoms with Crippen molar-refractivity contribution < 1.29 is 33.7 Å². The number of hydrogen-bond donors (Lipinski definition) is 2. The Kier molecular flexibility index (Phi) is 7.15. The number of nitrogens with zero attached hydrogens (tertiary/aromatic N) is 1. The first-order valence-corrected chi connectivity index (χ1v) is 11.3. The molecule has 1 unspecified atom stereocenters. The topological polar surface area (TPSA) is 114 Å². The zero-order chi connectivity index (χ0) is 26.7. The average molecular weight is 503 g/mol. The molecule has 9 heteroatoms. The minimum absolute atomic E-state index is 0.121. The highest BCUT2D eigenvalue weighted by Gasteiger charge is 2.48. The van der Waals surface area contributed by atoms with Crippen molar-refractivity contribution in [1.82, 2.24) is 0 Å². The van der Waals surface area contributed by atoms with E-state index in [4.69, 9.17) is 14.2 Å². The van der Waals surface area contributed by atoms with E-state index in [1.54, 1.807) is 66.7 Å². The van der Waals surface area contributed by atoms with Gasteiger partial charge in [-0.05, 0) is 42.5 Å². The number of ether oxygens (including phenoxy) is 3. The molecule has 3 aromatic rings. The fraction of sp³-hybridized carbons (Fsp3) is 0.179. The number of methoxy groups -OCH3 is 3. The predicted molar refractivity (Wildman–Crippen MR) is 138 cm³/mol. The van der Waals surface area contributed by atoms with Gasteiger partial charge in [0.25, 0.3) is 11.7 Å². The van der Waals surface area contributed by atoms with E-state index in [1.807, 2.05) is 0 Å². The number of para-hydroxylation sites is 1. The SMILES string of the molecule is COc1ccc(/C(O)=C2\C(=O)C(=O)N(c3ccc(NC(C)=O)cc3)C2c2ccccc2OC)c(OC)c1. The third-order valence-electron chi connectivity index (χ3n) is 6.01. The first-order chi connectivity index (χ1) is 17.8. The van der Waals surface area contributed by atoms with Gasteiger partial charge in [0.1, 0.15) is 23.0 Å². The zero-order valence-corrected chi connectivity index (χ0v) is 20.8. The number of aliphatic hydroxyl groups is 1. The van der Waals surface area contributed by atoms with Crippen molar-refractivity contribution in [2.75, 3.05) is 31.5 Å². The second kappa shape index (κ2) is 10.4. The highest BCUT2D eigenvalue weighted by Crippen LogP contribution is 2.46. The summed E-state index contributed by atoms with van der Waals surface area (Å²) >= 11 is 0. The van der Waals surface area contributed by atoms with Gasteiger partial charge in [0.15, 0.2) is 0 Å². The summed E-state index contributed by atoms with van der Waals surface area (Å²) in [5.74, 6) is -1.13. The number of nitrogens with one attached hydrogen (secondary N) is 1. The second-order valence-corrected chi connectivity index (χ2v) is 8.21. The molecule has 1 saturated heterocycles. The molecule has 190 valence electrons. The van der Waals surface area contributed by atoms with Gasteiger partial charge >= 0.3 is 0 Å². The monoisotopic (exact) mass is 502 g/mol. The Hall–Kier alpha value is -4.79. The van der Waals surface area contributed by atoms with Crippen LogP contribution in [0.25, 0.3) is 5.76 Å². The lowest BCUT2D eigenvalue weighted by Gasteiger charge is -2.27. The van der Waals surface area contributed by atoms with Crippen LogP contribution in [0.4, 0.5) is 11.4 Å². The third-order valence-corrected chi connectivity index (χ3v) is 6.01. The van der Waals surface area contributed by atoms with Crippen LogP contribution < -0.4 is 24.4 Å². The number of benzene rings is 3. The fourth-order valence-corrected chi connectivity index (χ4v) is 4.33. The van der Waals surface area contributed by atoms with Gasteiger partial charge in [-0.25, -0.2) is 0 Å². The molecule has 37 heavy (non-hydrogen) atoms. The third kappa shape index (κ3) is 4.71. The summed E-state index contributed by atoms with van der Waals surface area (Å²) < 4.78 is 16.2. The zero-order valence-electron chi connectivity index (χ0n) is 20.8. The van der Waals surface area contributed by atoms with E-state index >= 15 is 0 Å². The molecule has 0 aromatic heterocycles. The Morgan fingerprint density at radius 2 is 1.57 bits per heavy atom. The molecule has 9 nitrogen and oxygen atoms in total. The Balaban J connectivity index is 1.94. The number of hydrogen-bond acceptors (Lipinski definition) is 7. The number of ketones is 1. The van der Waals surface area contributed by atoms with Crippen LogP contribution in [0.2, 0.25) is 0 Å². The molecular formula is C28H26N2O7. The molecule has 1 aliphatic heterocycles. The largest absolute Gasteiger partial charge is 0.507 e. The lowest BCUT2D eigenvalue weighted by molar-refractivity contribution is -0.132. The Morgan fingerprint density at radius 3 is 2.19 bits per heavy atom. The highest BCUT2D eigenvalue weighted by atomic mass is 16.5. The maximum atomic E-state index is 13.4. The van der Waals surface area contributed by atoms with Crippen LogP contribution in [-0.2, 0) is 14.4 Å². The van der Waals surface area contributed by atoms with E-state index in [-0.39, 0.29) is 22.8 Å². The lowest BCUT2D eigenvalue weighted by atomic mass is 9.94. The number of carbonyl (C=O) groups is 3. The van der Waals surface area contributed by atoms with Gasteiger partial charge in [0.05, 0.1) is 38.5 Å². The summed E-state index contributed by atoms with van der Waals surface area (Å²) in [6.45, 7) is 1.39. The molecule has 1 atom stereocenters. The maximum Gasteiger partial charge on any atom is 0.300 e. The van der Waals surface area contributed by atoms with Crippen LogP contribution in [0.1, 0.15) is 24.1 Å². The lowest BCUT2D eigenvalue weighted by Crippen LogP contribution is -2.29. The van der Waals surface area contributed by atoms with Crippen LogP contribution in [0.15, 0.2) is 72.3 Å². The average Bonchev–Trinajstić information content (AvgIpc) is 3.17. The first kappa shape index (κ1) is 25.3. The number of carbonyl (C=O) groups excluding carboxylic acids is 3. The second-order valence-electron chi connectivity index (χ2n) is 8.21. The molecule has 0 aliphatic carbocycles. The molecule has 1 fully saturated rings. The summed E-state index contributed by atoms with van der Waals surface area (Å²) in [4.78, 5) is 39.6. The first-order valence-electron chi connectivity index (χ1n) is 11.3. The Labute approximate surface area is 213 Å². The molecule has 4 rings (SSSR count). The van der Waals surface area contributed by atoms with Crippen LogP contribution in [0.5, 0.6) is 17.2 Å². The Bertz CT molecular complexity index is 1400. The normalized spacial score (nSPS) is 16.4. The van der Waals surface area contributed by atoms with Gasteiger partial charge in [-0.3, -0.25) is 19.3 Å². The van der Waals surface area contributed by atoms with Crippen molar-refractivity contribution in [3.8, 4) is 17.2 Å². The summed E-state index contributed by atoms with van der Waals surface area (Å²) in [6.07, 6.45) is 0. The molecule has 1 heterocycles. The van der Waals surface area contributed by atoms with Crippen molar-refractivity contribution in [3.05, 3.63) is 83.4 Å². The number of amides is 2. The van der Waals surface area contributed by atoms with Crippen molar-refractivity contribution in [2.45, 2.75) is 13.0 Å². The van der Waals surface area contributed by atoms with Crippen molar-refractivity contribution in [2.24, 2.45) is 0 Å². The van der Waals surface area contributed by atoms with Crippen molar-refractivity contribution in [1.29, 1.82) is 0 Å². The van der Waals surface area contributed by atoms with Crippen LogP contribution in [-0.4, -0.2) is 44.0 Å². The maximum absolute atomic E-state index is 13.4. The predicted octanol–water partition coefficient (Wildman–Crippen LogP) is 4.30. The van der Waals surface area contributed by atoms with Gasteiger partial charge in [-0.15, -0.1) is 0 Å². The molecule has 2 amide bonds. The molecule has 3 aromatic carbocycles. The van der Waals surface area contributed by atoms with Gasteiger partial charge in [-0.2, -0.15) is 0 Å². The molecule has 0 spiro atoms. The highest BCUT2D eigenvalue weighted by molar-refractivity contribution is 6.51. The van der Waals surface area contributed by atoms with E-state index in [9.17, 15) is 19.5 Å². The van der Waals surface area contributed by atoms with Crippen molar-refractivity contribution >= 4 is 34.7 Å². The minimum Gasteiger partial charge on any atom is -0.507 e. The molecule has 0 radical (unpaired) electrons. The van der Waals surface area contributed by atoms with E-state index in [0.717, 1.165) is 0 Å². The fourth-order valence-electron chi connectivity index (χ4n) is 4.33. The number of rotatable bonds is 7. The van der Waals surface area contributed by atoms with Crippen LogP contribution in [0, 0.1) is 0 Å². The molecule has 2 N–H and O–H groups in total. The summed E-state index contributed by atoms with van der Waals surface area (Å²) in [6, 6.07) is 17.2. The minimum atomic E-state index is -1.01. The van der Waals surface area contributed by atoms with E-state index < -0.39 is 23.5 Å². The Morgan fingerprint density at radius 1 is 0.892 bits per heavy atom. The molecule has 1 aliphatic rings. The van der Waals surface area contributed by atoms with Crippen LogP contribution in [0.3, 0.4) is 0 Å². The summed E-state index contributed by atoms with van der Waals surface area (Å²) in [7, 11) is 4.41. The van der Waals surface area contributed by atoms with Gasteiger partial charge in [0, 0.05) is 29.9 Å². The molecular weight excluding hydrogens is 476 g/mol. The van der Waals surface area contributed by atoms with E-state index in [2.05, 4.69) is 5.32 Å². The smallest absolute Gasteiger partial charge is 0.300 e. The quantitative estimate of drug-likeness (QED) is 0.281. The van der Waals surface area contributed by atoms with Gasteiger partial charge in [0.2, 0.25) is 5.91 Å². The van der Waals surface area contributed by atoms with E-state index in [0.29, 0.717) is 28.4 Å². The number of Topliss-reactive ketones (excluding diaryl/α,β-unsaturated/α-hetero) is 1. The number of anilines is 2. The van der Waals surface area contributed by atoms with Crippen molar-refractivity contribution in [3.63, 3.8) is 0 Å². The van der Waals surface area contributed by atoms with E-state index in [1.165, 1.54) is 33.2 Å². The summed E-state index contributed by atoms with van der Waals surface area (Å²) in [5, 5.41) is 14.1. The van der Waals surface area contributed by atoms with Gasteiger partial charge in [-0.1, -0.05) is 18.2 Å². The van der Waals surface area contributed by atoms with Crippen LogP contribution >= 0.6 is 0 Å². The summed E-state index contributed by atoms with van der Waals surface area (Å²) in [5.41, 5.74) is 1.53. The molecule has 0 saturated carbocycles. The molecule has 0 bridgehead atoms. The number of aliphatic hydroxyl groups excluding tert-OH is 1. The standard InChI is InChI=1S/C28H26N2O7/c1-16(31)29-17-9-11-18(12-10-17)30-25(20-7-5-6-8-22(20)36-3)24(27(33)28(30)34)26(32)21-14-13-19(35-2)15-23(21)37-4/h5-15,25,32H,1-4H3,(H,29,31)/b26-24+. The van der Waals surface area contributed by atoms with Gasteiger partial charge < -0.3 is 24.6 Å².